The number of ketones is 1. The van der Waals surface area contributed by atoms with Gasteiger partial charge in [-0.3, -0.25) is 4.79 Å². The van der Waals surface area contributed by atoms with Crippen molar-refractivity contribution in [1.82, 2.24) is 0 Å². The summed E-state index contributed by atoms with van der Waals surface area (Å²) in [4.78, 5) is 12.3. The monoisotopic (exact) mass is 376 g/mol. The molecule has 0 amide bonds. The summed E-state index contributed by atoms with van der Waals surface area (Å²) in [5, 5.41) is 5.07. The van der Waals surface area contributed by atoms with Crippen LogP contribution in [-0.4, -0.2) is 11.5 Å². The fraction of sp³-hybridized carbons (Fsp3) is 0.0870. The van der Waals surface area contributed by atoms with Gasteiger partial charge in [0, 0.05) is 11.3 Å². The van der Waals surface area contributed by atoms with Crippen LogP contribution in [0.2, 0.25) is 0 Å². The molecule has 0 unspecified atom stereocenters. The van der Waals surface area contributed by atoms with Gasteiger partial charge in [0.15, 0.2) is 5.78 Å². The van der Waals surface area contributed by atoms with Crippen LogP contribution in [0.15, 0.2) is 84.9 Å². The van der Waals surface area contributed by atoms with Gasteiger partial charge in [0.1, 0.15) is 0 Å². The molecule has 4 aromatic carbocycles. The molecule has 3 heteroatoms. The normalized spacial score (nSPS) is 10.6. The summed E-state index contributed by atoms with van der Waals surface area (Å²) >= 11 is 1.69. The third kappa shape index (κ3) is 3.79. The molecular formula is C23H20OS2. The van der Waals surface area contributed by atoms with Crippen LogP contribution in [-0.2, 0) is 5.75 Å². The van der Waals surface area contributed by atoms with E-state index in [4.69, 9.17) is 0 Å². The zero-order valence-electron chi connectivity index (χ0n) is 14.3. The van der Waals surface area contributed by atoms with E-state index in [0.717, 1.165) is 11.3 Å². The Kier molecular flexibility index (Phi) is 6.02. The maximum Gasteiger partial charge on any atom is 0.172 e. The molecule has 26 heavy (non-hydrogen) atoms. The molecule has 0 aliphatic rings. The van der Waals surface area contributed by atoms with Crippen LogP contribution >= 0.6 is 25.3 Å². The number of carbonyl (C=O) groups is 1. The topological polar surface area (TPSA) is 17.1 Å². The number of hydrogen-bond acceptors (Lipinski definition) is 2. The summed E-state index contributed by atoms with van der Waals surface area (Å²) in [6, 6.07) is 28.8. The van der Waals surface area contributed by atoms with Crippen molar-refractivity contribution in [1.29, 1.82) is 0 Å². The molecule has 0 saturated carbocycles. The Labute approximate surface area is 164 Å². The molecule has 4 rings (SSSR count). The van der Waals surface area contributed by atoms with E-state index >= 15 is 0 Å². The maximum atomic E-state index is 12.3. The summed E-state index contributed by atoms with van der Waals surface area (Å²) in [7, 11) is 0. The zero-order chi connectivity index (χ0) is 17.1. The first-order valence-corrected chi connectivity index (χ1v) is 9.54. The van der Waals surface area contributed by atoms with Crippen LogP contribution in [0.25, 0.3) is 21.5 Å². The third-order valence-electron chi connectivity index (χ3n) is 4.46. The Hall–Kier alpha value is -2.23. The molecule has 130 valence electrons. The molecular weight excluding hydrogens is 356 g/mol. The van der Waals surface area contributed by atoms with Crippen LogP contribution in [0.1, 0.15) is 15.9 Å². The van der Waals surface area contributed by atoms with Crippen LogP contribution in [0.4, 0.5) is 0 Å². The standard InChI is InChI=1S/C23H18OS.H2S/c24-23(17-8-2-1-3-9-17)16-25-15-22-20-12-6-4-10-18(20)14-19-11-5-7-13-21(19)22;/h1-14H,15-16H2;1H2. The lowest BCUT2D eigenvalue weighted by Gasteiger charge is -2.11. The first-order valence-electron chi connectivity index (χ1n) is 8.38. The van der Waals surface area contributed by atoms with Gasteiger partial charge in [-0.05, 0) is 33.2 Å². The summed E-state index contributed by atoms with van der Waals surface area (Å²) < 4.78 is 0. The minimum Gasteiger partial charge on any atom is -0.293 e. The van der Waals surface area contributed by atoms with E-state index in [1.54, 1.807) is 11.8 Å². The maximum absolute atomic E-state index is 12.3. The van der Waals surface area contributed by atoms with Crippen molar-refractivity contribution in [2.45, 2.75) is 5.75 Å². The minimum atomic E-state index is 0. The molecule has 0 bridgehead atoms. The molecule has 0 aliphatic heterocycles. The molecule has 0 saturated heterocycles. The Morgan fingerprint density at radius 2 is 1.27 bits per heavy atom. The van der Waals surface area contributed by atoms with Crippen LogP contribution in [0, 0.1) is 0 Å². The van der Waals surface area contributed by atoms with Crippen LogP contribution in [0.5, 0.6) is 0 Å². The molecule has 0 aromatic heterocycles. The minimum absolute atomic E-state index is 0. The lowest BCUT2D eigenvalue weighted by atomic mass is 9.98. The van der Waals surface area contributed by atoms with Gasteiger partial charge in [-0.1, -0.05) is 78.9 Å². The highest BCUT2D eigenvalue weighted by atomic mass is 32.2. The number of thioether (sulfide) groups is 1. The fourth-order valence-corrected chi connectivity index (χ4v) is 4.19. The molecule has 0 spiro atoms. The van der Waals surface area contributed by atoms with E-state index in [9.17, 15) is 4.79 Å². The molecule has 0 fully saturated rings. The average molecular weight is 377 g/mol. The Bertz CT molecular complexity index is 988. The molecule has 1 nitrogen and oxygen atoms in total. The Morgan fingerprint density at radius 1 is 0.731 bits per heavy atom. The highest BCUT2D eigenvalue weighted by molar-refractivity contribution is 7.99. The third-order valence-corrected chi connectivity index (χ3v) is 5.42. The van der Waals surface area contributed by atoms with Gasteiger partial charge >= 0.3 is 0 Å². The van der Waals surface area contributed by atoms with E-state index in [2.05, 4.69) is 54.6 Å². The largest absolute Gasteiger partial charge is 0.293 e. The van der Waals surface area contributed by atoms with Gasteiger partial charge in [0.2, 0.25) is 0 Å². The SMILES string of the molecule is O=C(CSCc1c2ccccc2cc2ccccc12)c1ccccc1.S. The summed E-state index contributed by atoms with van der Waals surface area (Å²) in [6.45, 7) is 0. The number of benzene rings is 4. The van der Waals surface area contributed by atoms with Crippen LogP contribution < -0.4 is 0 Å². The molecule has 0 heterocycles. The zero-order valence-corrected chi connectivity index (χ0v) is 16.1. The Balaban J connectivity index is 0.00000196. The number of carbonyl (C=O) groups excluding carboxylic acids is 1. The number of rotatable bonds is 5. The van der Waals surface area contributed by atoms with E-state index in [0.29, 0.717) is 5.75 Å². The van der Waals surface area contributed by atoms with Gasteiger partial charge in [0.25, 0.3) is 0 Å². The second kappa shape index (κ2) is 8.43. The van der Waals surface area contributed by atoms with Crippen molar-refractivity contribution < 1.29 is 4.79 Å². The smallest absolute Gasteiger partial charge is 0.172 e. The summed E-state index contributed by atoms with van der Waals surface area (Å²) in [6.07, 6.45) is 0. The lowest BCUT2D eigenvalue weighted by molar-refractivity contribution is 0.102. The van der Waals surface area contributed by atoms with Gasteiger partial charge < -0.3 is 0 Å². The van der Waals surface area contributed by atoms with Gasteiger partial charge in [-0.15, -0.1) is 11.8 Å². The average Bonchev–Trinajstić information content (AvgIpc) is 2.68. The summed E-state index contributed by atoms with van der Waals surface area (Å²) in [5.41, 5.74) is 2.11. The van der Waals surface area contributed by atoms with Crippen molar-refractivity contribution in [2.24, 2.45) is 0 Å². The first kappa shape index (κ1) is 18.6. The van der Waals surface area contributed by atoms with Gasteiger partial charge in [-0.2, -0.15) is 13.5 Å². The first-order chi connectivity index (χ1) is 12.3. The quantitative estimate of drug-likeness (QED) is 0.304. The number of Topliss-reactive ketones (excluding diaryl/α,β-unsaturated/α-hetero) is 1. The predicted octanol–water partition coefficient (Wildman–Crippen LogP) is 6.22. The van der Waals surface area contributed by atoms with Crippen molar-refractivity contribution in [3.63, 3.8) is 0 Å². The second-order valence-electron chi connectivity index (χ2n) is 6.08. The van der Waals surface area contributed by atoms with Crippen molar-refractivity contribution in [3.05, 3.63) is 96.1 Å². The summed E-state index contributed by atoms with van der Waals surface area (Å²) in [5.74, 6) is 1.53. The Morgan fingerprint density at radius 3 is 1.88 bits per heavy atom. The van der Waals surface area contributed by atoms with E-state index in [1.165, 1.54) is 27.1 Å². The van der Waals surface area contributed by atoms with E-state index in [1.807, 2.05) is 30.3 Å². The molecule has 0 radical (unpaired) electrons. The highest BCUT2D eigenvalue weighted by Gasteiger charge is 2.10. The van der Waals surface area contributed by atoms with E-state index < -0.39 is 0 Å². The van der Waals surface area contributed by atoms with Gasteiger partial charge in [0.05, 0.1) is 5.75 Å². The van der Waals surface area contributed by atoms with Crippen LogP contribution in [0.3, 0.4) is 0 Å². The van der Waals surface area contributed by atoms with Crippen molar-refractivity contribution in [3.8, 4) is 0 Å². The number of fused-ring (bicyclic) bond motifs is 2. The fourth-order valence-electron chi connectivity index (χ4n) is 3.22. The second-order valence-corrected chi connectivity index (χ2v) is 7.06. The molecule has 0 atom stereocenters. The number of hydrogen-bond donors (Lipinski definition) is 0. The molecule has 0 aliphatic carbocycles. The highest BCUT2D eigenvalue weighted by Crippen LogP contribution is 2.31. The van der Waals surface area contributed by atoms with Gasteiger partial charge in [-0.25, -0.2) is 0 Å². The predicted molar refractivity (Wildman–Crippen MR) is 119 cm³/mol. The molecule has 0 N–H and O–H groups in total. The lowest BCUT2D eigenvalue weighted by Crippen LogP contribution is -2.02. The van der Waals surface area contributed by atoms with Crippen molar-refractivity contribution in [2.75, 3.05) is 5.75 Å². The van der Waals surface area contributed by atoms with Crippen molar-refractivity contribution >= 4 is 52.6 Å². The van der Waals surface area contributed by atoms with E-state index in [-0.39, 0.29) is 19.3 Å². The molecule has 4 aromatic rings.